The smallest absolute Gasteiger partial charge is 0.320 e. The first-order valence-corrected chi connectivity index (χ1v) is 4.76. The molecule has 0 radical (unpaired) electrons. The lowest BCUT2D eigenvalue weighted by Crippen LogP contribution is -2.38. The van der Waals surface area contributed by atoms with Gasteiger partial charge >= 0.3 is 5.97 Å². The van der Waals surface area contributed by atoms with Crippen molar-refractivity contribution in [1.82, 2.24) is 4.90 Å². The van der Waals surface area contributed by atoms with E-state index in [9.17, 15) is 4.79 Å². The van der Waals surface area contributed by atoms with E-state index in [4.69, 9.17) is 10.8 Å². The average Bonchev–Trinajstić information content (AvgIpc) is 2.11. The minimum atomic E-state index is -0.735. The van der Waals surface area contributed by atoms with Crippen LogP contribution in [0.1, 0.15) is 26.2 Å². The monoisotopic (exact) mass is 188 g/mol. The summed E-state index contributed by atoms with van der Waals surface area (Å²) >= 11 is 0. The Morgan fingerprint density at radius 3 is 2.54 bits per heavy atom. The number of likely N-dealkylation sites (N-methyl/N-ethyl adjacent to an activating group) is 1. The van der Waals surface area contributed by atoms with Crippen LogP contribution < -0.4 is 5.73 Å². The highest BCUT2D eigenvalue weighted by molar-refractivity contribution is 5.73. The molecule has 0 aliphatic carbocycles. The highest BCUT2D eigenvalue weighted by Crippen LogP contribution is 2.06. The Kier molecular flexibility index (Phi) is 6.54. The number of nitrogens with two attached hydrogens (primary N) is 1. The lowest BCUT2D eigenvalue weighted by Gasteiger charge is -2.22. The second-order valence-electron chi connectivity index (χ2n) is 3.21. The van der Waals surface area contributed by atoms with Crippen molar-refractivity contribution < 1.29 is 9.90 Å². The molecule has 4 nitrogen and oxygen atoms in total. The zero-order chi connectivity index (χ0) is 10.3. The number of carbonyl (C=O) groups is 1. The number of rotatable bonds is 7. The molecule has 0 aliphatic rings. The second-order valence-corrected chi connectivity index (χ2v) is 3.21. The maximum atomic E-state index is 10.8. The van der Waals surface area contributed by atoms with Gasteiger partial charge in [-0.2, -0.15) is 0 Å². The number of carboxylic acid groups (broad SMARTS) is 1. The van der Waals surface area contributed by atoms with Gasteiger partial charge in [0.25, 0.3) is 0 Å². The molecule has 0 spiro atoms. The van der Waals surface area contributed by atoms with Gasteiger partial charge in [-0.15, -0.1) is 0 Å². The molecule has 0 aliphatic heterocycles. The van der Waals surface area contributed by atoms with Crippen LogP contribution in [0.4, 0.5) is 0 Å². The zero-order valence-electron chi connectivity index (χ0n) is 8.49. The average molecular weight is 188 g/mol. The van der Waals surface area contributed by atoms with Gasteiger partial charge in [0.05, 0.1) is 0 Å². The molecule has 4 heteroatoms. The van der Waals surface area contributed by atoms with E-state index in [0.717, 1.165) is 19.4 Å². The van der Waals surface area contributed by atoms with Crippen molar-refractivity contribution in [3.63, 3.8) is 0 Å². The van der Waals surface area contributed by atoms with Crippen molar-refractivity contribution in [2.75, 3.05) is 20.1 Å². The summed E-state index contributed by atoms with van der Waals surface area (Å²) in [5, 5.41) is 8.90. The van der Waals surface area contributed by atoms with Gasteiger partial charge < -0.3 is 10.8 Å². The van der Waals surface area contributed by atoms with Gasteiger partial charge in [0.2, 0.25) is 0 Å². The first-order valence-electron chi connectivity index (χ1n) is 4.76. The molecule has 1 unspecified atom stereocenters. The van der Waals surface area contributed by atoms with E-state index in [1.807, 2.05) is 18.9 Å². The van der Waals surface area contributed by atoms with Crippen LogP contribution in [0, 0.1) is 0 Å². The van der Waals surface area contributed by atoms with Crippen LogP contribution in [0.15, 0.2) is 0 Å². The summed E-state index contributed by atoms with van der Waals surface area (Å²) in [6, 6.07) is -0.350. The molecular weight excluding hydrogens is 168 g/mol. The second kappa shape index (κ2) is 6.86. The number of nitrogens with zero attached hydrogens (tertiary/aromatic N) is 1. The van der Waals surface area contributed by atoms with Crippen molar-refractivity contribution in [1.29, 1.82) is 0 Å². The van der Waals surface area contributed by atoms with Gasteiger partial charge in [0.15, 0.2) is 0 Å². The standard InChI is InChI=1S/C9H20N2O2/c1-3-11(2)8(9(12)13)6-4-5-7-10/h8H,3-7,10H2,1-2H3,(H,12,13). The van der Waals surface area contributed by atoms with Gasteiger partial charge in [-0.1, -0.05) is 13.3 Å². The van der Waals surface area contributed by atoms with Gasteiger partial charge in [-0.3, -0.25) is 9.69 Å². The molecule has 0 amide bonds. The van der Waals surface area contributed by atoms with E-state index in [1.165, 1.54) is 0 Å². The van der Waals surface area contributed by atoms with Crippen LogP contribution in [0.5, 0.6) is 0 Å². The van der Waals surface area contributed by atoms with Gasteiger partial charge in [-0.05, 0) is 33.0 Å². The van der Waals surface area contributed by atoms with Crippen LogP contribution in [0.3, 0.4) is 0 Å². The summed E-state index contributed by atoms with van der Waals surface area (Å²) in [5.41, 5.74) is 5.34. The Balaban J connectivity index is 3.88. The topological polar surface area (TPSA) is 66.6 Å². The van der Waals surface area contributed by atoms with Crippen molar-refractivity contribution in [2.45, 2.75) is 32.2 Å². The minimum Gasteiger partial charge on any atom is -0.480 e. The van der Waals surface area contributed by atoms with E-state index in [-0.39, 0.29) is 6.04 Å². The highest BCUT2D eigenvalue weighted by atomic mass is 16.4. The molecule has 0 heterocycles. The number of carboxylic acids is 1. The summed E-state index contributed by atoms with van der Waals surface area (Å²) < 4.78 is 0. The Labute approximate surface area is 79.7 Å². The van der Waals surface area contributed by atoms with Crippen LogP contribution in [0.25, 0.3) is 0 Å². The minimum absolute atomic E-state index is 0.350. The van der Waals surface area contributed by atoms with Crippen LogP contribution in [-0.4, -0.2) is 42.2 Å². The summed E-state index contributed by atoms with van der Waals surface area (Å²) in [6.07, 6.45) is 2.48. The van der Waals surface area contributed by atoms with Gasteiger partial charge in [-0.25, -0.2) is 0 Å². The molecule has 0 fully saturated rings. The summed E-state index contributed by atoms with van der Waals surface area (Å²) in [7, 11) is 1.83. The van der Waals surface area contributed by atoms with Crippen LogP contribution in [-0.2, 0) is 4.79 Å². The van der Waals surface area contributed by atoms with Crippen LogP contribution in [0.2, 0.25) is 0 Å². The first-order chi connectivity index (χ1) is 6.13. The molecule has 78 valence electrons. The fraction of sp³-hybridized carbons (Fsp3) is 0.889. The summed E-state index contributed by atoms with van der Waals surface area (Å²) in [4.78, 5) is 12.7. The highest BCUT2D eigenvalue weighted by Gasteiger charge is 2.20. The molecule has 0 rings (SSSR count). The van der Waals surface area contributed by atoms with Gasteiger partial charge in [0, 0.05) is 0 Å². The first kappa shape index (κ1) is 12.4. The third kappa shape index (κ3) is 4.85. The Morgan fingerprint density at radius 2 is 2.15 bits per heavy atom. The molecule has 0 saturated heterocycles. The predicted octanol–water partition coefficient (Wildman–Crippen LogP) is 0.520. The van der Waals surface area contributed by atoms with Gasteiger partial charge in [0.1, 0.15) is 6.04 Å². The molecule has 1 atom stereocenters. The van der Waals surface area contributed by atoms with Crippen molar-refractivity contribution >= 4 is 5.97 Å². The number of hydrogen-bond donors (Lipinski definition) is 2. The SMILES string of the molecule is CCN(C)C(CCCCN)C(=O)O. The molecule has 0 aromatic heterocycles. The van der Waals surface area contributed by atoms with E-state index < -0.39 is 5.97 Å². The zero-order valence-corrected chi connectivity index (χ0v) is 8.49. The molecule has 0 aromatic carbocycles. The summed E-state index contributed by atoms with van der Waals surface area (Å²) in [6.45, 7) is 3.36. The molecule has 0 saturated carbocycles. The quantitative estimate of drug-likeness (QED) is 0.572. The van der Waals surface area contributed by atoms with E-state index in [0.29, 0.717) is 13.0 Å². The fourth-order valence-electron chi connectivity index (χ4n) is 1.23. The maximum Gasteiger partial charge on any atom is 0.320 e. The van der Waals surface area contributed by atoms with Crippen molar-refractivity contribution in [3.05, 3.63) is 0 Å². The largest absolute Gasteiger partial charge is 0.480 e. The molecule has 0 bridgehead atoms. The van der Waals surface area contributed by atoms with Crippen LogP contribution >= 0.6 is 0 Å². The molecular formula is C9H20N2O2. The third-order valence-corrected chi connectivity index (χ3v) is 2.25. The number of unbranched alkanes of at least 4 members (excludes halogenated alkanes) is 1. The van der Waals surface area contributed by atoms with E-state index >= 15 is 0 Å². The normalized spacial score (nSPS) is 13.2. The maximum absolute atomic E-state index is 10.8. The third-order valence-electron chi connectivity index (χ3n) is 2.25. The van der Waals surface area contributed by atoms with E-state index in [1.54, 1.807) is 0 Å². The Bertz CT molecular complexity index is 151. The summed E-state index contributed by atoms with van der Waals surface area (Å²) in [5.74, 6) is -0.735. The molecule has 3 N–H and O–H groups in total. The lowest BCUT2D eigenvalue weighted by molar-refractivity contribution is -0.143. The molecule has 13 heavy (non-hydrogen) atoms. The Morgan fingerprint density at radius 1 is 1.54 bits per heavy atom. The lowest BCUT2D eigenvalue weighted by atomic mass is 10.1. The fourth-order valence-corrected chi connectivity index (χ4v) is 1.23. The molecule has 0 aromatic rings. The Hall–Kier alpha value is -0.610. The number of hydrogen-bond acceptors (Lipinski definition) is 3. The van der Waals surface area contributed by atoms with Crippen molar-refractivity contribution in [3.8, 4) is 0 Å². The van der Waals surface area contributed by atoms with E-state index in [2.05, 4.69) is 0 Å². The predicted molar refractivity (Wildman–Crippen MR) is 52.6 cm³/mol. The number of aliphatic carboxylic acids is 1. The van der Waals surface area contributed by atoms with Crippen molar-refractivity contribution in [2.24, 2.45) is 5.73 Å².